The van der Waals surface area contributed by atoms with Gasteiger partial charge < -0.3 is 10.2 Å². The van der Waals surface area contributed by atoms with E-state index in [-0.39, 0.29) is 5.56 Å². The molecule has 2 N–H and O–H groups in total. The average Bonchev–Trinajstić information content (AvgIpc) is 2.27. The first-order valence-corrected chi connectivity index (χ1v) is 5.87. The normalized spacial score (nSPS) is 17.3. The van der Waals surface area contributed by atoms with Crippen LogP contribution in [0.15, 0.2) is 30.3 Å². The molecule has 1 rings (SSSR count). The lowest BCUT2D eigenvalue weighted by molar-refractivity contribution is -0.0373. The second-order valence-electron chi connectivity index (χ2n) is 3.79. The molecular weight excluding hydrogens is 286 g/mol. The molecule has 0 aliphatic carbocycles. The molecule has 3 nitrogen and oxygen atoms in total. The molecule has 0 bridgehead atoms. The molecule has 0 fully saturated rings. The zero-order valence-electron chi connectivity index (χ0n) is 8.90. The van der Waals surface area contributed by atoms with Crippen molar-refractivity contribution in [3.05, 3.63) is 35.9 Å². The highest BCUT2D eigenvalue weighted by atomic mass is 35.6. The summed E-state index contributed by atoms with van der Waals surface area (Å²) in [6, 6.07) is 7.98. The molecule has 0 aromatic heterocycles. The van der Waals surface area contributed by atoms with Crippen molar-refractivity contribution in [1.82, 2.24) is 0 Å². The van der Waals surface area contributed by atoms with Gasteiger partial charge in [0.2, 0.25) is 3.79 Å². The second kappa shape index (κ2) is 5.12. The Morgan fingerprint density at radius 2 is 1.71 bits per heavy atom. The topological polar surface area (TPSA) is 57.5 Å². The van der Waals surface area contributed by atoms with E-state index in [1.165, 1.54) is 12.1 Å². The van der Waals surface area contributed by atoms with Crippen LogP contribution in [0, 0.1) is 0 Å². The zero-order chi connectivity index (χ0) is 13.3. The number of aliphatic hydroxyl groups excluding tert-OH is 1. The van der Waals surface area contributed by atoms with Gasteiger partial charge in [0.1, 0.15) is 6.10 Å². The van der Waals surface area contributed by atoms with Crippen molar-refractivity contribution in [1.29, 1.82) is 0 Å². The van der Waals surface area contributed by atoms with E-state index < -0.39 is 21.3 Å². The van der Waals surface area contributed by atoms with Gasteiger partial charge in [-0.05, 0) is 6.92 Å². The summed E-state index contributed by atoms with van der Waals surface area (Å²) < 4.78 is -2.14. The van der Waals surface area contributed by atoms with Gasteiger partial charge in [-0.25, -0.2) is 0 Å². The highest BCUT2D eigenvalue weighted by Gasteiger charge is 2.49. The fourth-order valence-corrected chi connectivity index (χ4v) is 1.96. The zero-order valence-corrected chi connectivity index (χ0v) is 11.2. The monoisotopic (exact) mass is 296 g/mol. The quantitative estimate of drug-likeness (QED) is 0.665. The van der Waals surface area contributed by atoms with Gasteiger partial charge in [-0.3, -0.25) is 4.79 Å². The molecule has 1 aromatic rings. The van der Waals surface area contributed by atoms with Crippen molar-refractivity contribution in [2.45, 2.75) is 22.4 Å². The number of Topliss-reactive ketones (excluding diaryl/α,β-unsaturated/α-hetero) is 1. The Labute approximate surface area is 114 Å². The highest BCUT2D eigenvalue weighted by molar-refractivity contribution is 6.68. The van der Waals surface area contributed by atoms with E-state index in [9.17, 15) is 15.0 Å². The fraction of sp³-hybridized carbons (Fsp3) is 0.364. The highest BCUT2D eigenvalue weighted by Crippen LogP contribution is 2.36. The molecule has 0 saturated heterocycles. The van der Waals surface area contributed by atoms with Crippen LogP contribution in [-0.2, 0) is 0 Å². The van der Waals surface area contributed by atoms with Crippen LogP contribution in [-0.4, -0.2) is 31.5 Å². The van der Waals surface area contributed by atoms with Crippen molar-refractivity contribution in [2.75, 3.05) is 0 Å². The van der Waals surface area contributed by atoms with Gasteiger partial charge >= 0.3 is 0 Å². The molecule has 1 aromatic carbocycles. The summed E-state index contributed by atoms with van der Waals surface area (Å²) in [5.74, 6) is -0.711. The van der Waals surface area contributed by atoms with Crippen LogP contribution >= 0.6 is 34.8 Å². The van der Waals surface area contributed by atoms with Crippen LogP contribution in [0.1, 0.15) is 17.3 Å². The first-order valence-electron chi connectivity index (χ1n) is 4.74. The minimum atomic E-state index is -2.17. The molecule has 0 saturated carbocycles. The first kappa shape index (κ1) is 14.7. The summed E-state index contributed by atoms with van der Waals surface area (Å²) in [5.41, 5.74) is -1.95. The SMILES string of the molecule is CC(O)(C(=O)c1ccccc1)C(O)C(Cl)(Cl)Cl. The number of benzene rings is 1. The molecule has 2 atom stereocenters. The number of ketones is 1. The molecule has 0 radical (unpaired) electrons. The number of rotatable bonds is 3. The average molecular weight is 298 g/mol. The van der Waals surface area contributed by atoms with Crippen molar-refractivity contribution < 1.29 is 15.0 Å². The van der Waals surface area contributed by atoms with Gasteiger partial charge in [-0.15, -0.1) is 0 Å². The minimum absolute atomic E-state index is 0.228. The van der Waals surface area contributed by atoms with Crippen molar-refractivity contribution in [3.63, 3.8) is 0 Å². The van der Waals surface area contributed by atoms with Crippen molar-refractivity contribution >= 4 is 40.6 Å². The second-order valence-corrected chi connectivity index (χ2v) is 6.16. The molecule has 0 amide bonds. The first-order chi connectivity index (χ1) is 7.67. The predicted molar refractivity (Wildman–Crippen MR) is 67.7 cm³/mol. The lowest BCUT2D eigenvalue weighted by atomic mass is 9.90. The van der Waals surface area contributed by atoms with Crippen LogP contribution in [0.4, 0.5) is 0 Å². The maximum atomic E-state index is 12.0. The number of halogens is 3. The van der Waals surface area contributed by atoms with E-state index in [0.29, 0.717) is 0 Å². The van der Waals surface area contributed by atoms with Crippen LogP contribution in [0.3, 0.4) is 0 Å². The predicted octanol–water partition coefficient (Wildman–Crippen LogP) is 2.35. The molecule has 0 aliphatic rings. The van der Waals surface area contributed by atoms with Gasteiger partial charge in [-0.2, -0.15) is 0 Å². The number of carbonyl (C=O) groups is 1. The van der Waals surface area contributed by atoms with E-state index >= 15 is 0 Å². The number of carbonyl (C=O) groups excluding carboxylic acids is 1. The molecule has 0 heterocycles. The summed E-state index contributed by atoms with van der Waals surface area (Å²) >= 11 is 16.4. The van der Waals surface area contributed by atoms with Gasteiger partial charge in [0.25, 0.3) is 0 Å². The minimum Gasteiger partial charge on any atom is -0.385 e. The number of hydrogen-bond donors (Lipinski definition) is 2. The molecule has 94 valence electrons. The summed E-state index contributed by atoms with van der Waals surface area (Å²) in [7, 11) is 0. The van der Waals surface area contributed by atoms with Crippen LogP contribution in [0.25, 0.3) is 0 Å². The maximum Gasteiger partial charge on any atom is 0.219 e. The smallest absolute Gasteiger partial charge is 0.219 e. The molecule has 17 heavy (non-hydrogen) atoms. The Hall–Kier alpha value is -0.320. The third-order valence-corrected chi connectivity index (χ3v) is 2.96. The van der Waals surface area contributed by atoms with Crippen molar-refractivity contribution in [2.24, 2.45) is 0 Å². The Kier molecular flexibility index (Phi) is 4.44. The Balaban J connectivity index is 3.03. The lowest BCUT2D eigenvalue weighted by Gasteiger charge is -2.31. The van der Waals surface area contributed by atoms with Crippen LogP contribution in [0.5, 0.6) is 0 Å². The maximum absolute atomic E-state index is 12.0. The van der Waals surface area contributed by atoms with E-state index in [4.69, 9.17) is 34.8 Å². The Morgan fingerprint density at radius 1 is 1.24 bits per heavy atom. The molecule has 2 unspecified atom stereocenters. The number of aliphatic hydroxyl groups is 2. The lowest BCUT2D eigenvalue weighted by Crippen LogP contribution is -2.52. The fourth-order valence-electron chi connectivity index (χ4n) is 1.32. The third kappa shape index (κ3) is 3.33. The van der Waals surface area contributed by atoms with E-state index in [2.05, 4.69) is 0 Å². The summed E-state index contributed by atoms with van der Waals surface area (Å²) in [6.45, 7) is 1.11. The third-order valence-electron chi connectivity index (χ3n) is 2.34. The largest absolute Gasteiger partial charge is 0.385 e. The molecule has 6 heteroatoms. The summed E-state index contributed by atoms with van der Waals surface area (Å²) in [6.07, 6.45) is -1.83. The van der Waals surface area contributed by atoms with Crippen LogP contribution < -0.4 is 0 Å². The molecule has 0 aliphatic heterocycles. The Morgan fingerprint density at radius 3 is 2.12 bits per heavy atom. The molecule has 0 spiro atoms. The van der Waals surface area contributed by atoms with E-state index in [0.717, 1.165) is 6.92 Å². The summed E-state index contributed by atoms with van der Waals surface area (Å²) in [5, 5.41) is 19.7. The van der Waals surface area contributed by atoms with Gasteiger partial charge in [0.05, 0.1) is 0 Å². The van der Waals surface area contributed by atoms with E-state index in [1.807, 2.05) is 0 Å². The Bertz CT molecular complexity index is 398. The van der Waals surface area contributed by atoms with Gasteiger partial charge in [-0.1, -0.05) is 65.1 Å². The van der Waals surface area contributed by atoms with Crippen molar-refractivity contribution in [3.8, 4) is 0 Å². The standard InChI is InChI=1S/C11H11Cl3O3/c1-10(17,9(16)11(12,13)14)8(15)7-5-3-2-4-6-7/h2-6,9,16-17H,1H3. The molecular formula is C11H11Cl3O3. The number of hydrogen-bond acceptors (Lipinski definition) is 3. The summed E-state index contributed by atoms with van der Waals surface area (Å²) in [4.78, 5) is 12.0. The van der Waals surface area contributed by atoms with Gasteiger partial charge in [0, 0.05) is 5.56 Å². The number of alkyl halides is 3. The van der Waals surface area contributed by atoms with Crippen LogP contribution in [0.2, 0.25) is 0 Å². The van der Waals surface area contributed by atoms with E-state index in [1.54, 1.807) is 18.2 Å². The van der Waals surface area contributed by atoms with Gasteiger partial charge in [0.15, 0.2) is 11.4 Å².